The summed E-state index contributed by atoms with van der Waals surface area (Å²) in [6.07, 6.45) is 10.9. The van der Waals surface area contributed by atoms with Gasteiger partial charge in [0.15, 0.2) is 6.61 Å². The molecule has 2 atom stereocenters. The summed E-state index contributed by atoms with van der Waals surface area (Å²) in [7, 11) is 0. The summed E-state index contributed by atoms with van der Waals surface area (Å²) in [6.45, 7) is 2.99. The monoisotopic (exact) mass is 471 g/mol. The number of nitrogens with two attached hydrogens (primary N) is 1. The third kappa shape index (κ3) is 7.34. The Hall–Kier alpha value is -3.33. The van der Waals surface area contributed by atoms with Gasteiger partial charge in [0.1, 0.15) is 23.2 Å². The molecule has 34 heavy (non-hydrogen) atoms. The van der Waals surface area contributed by atoms with E-state index in [0.717, 1.165) is 38.4 Å². The second-order valence-corrected chi connectivity index (χ2v) is 8.66. The Morgan fingerprint density at radius 2 is 1.97 bits per heavy atom. The Morgan fingerprint density at radius 3 is 2.74 bits per heavy atom. The number of phenols is 2. The number of benzene rings is 1. The van der Waals surface area contributed by atoms with Crippen molar-refractivity contribution in [2.24, 2.45) is 10.9 Å². The molecule has 9 nitrogen and oxygen atoms in total. The average molecular weight is 472 g/mol. The maximum Gasteiger partial charge on any atom is 0.342 e. The van der Waals surface area contributed by atoms with Crippen LogP contribution in [0.5, 0.6) is 11.5 Å². The number of oxime groups is 1. The van der Waals surface area contributed by atoms with E-state index in [0.29, 0.717) is 24.1 Å². The number of cyclic esters (lactones) is 1. The minimum Gasteiger partial charge on any atom is -0.508 e. The fourth-order valence-corrected chi connectivity index (χ4v) is 3.94. The number of aromatic hydroxyl groups is 2. The van der Waals surface area contributed by atoms with Crippen molar-refractivity contribution in [2.45, 2.75) is 57.6 Å². The third-order valence-corrected chi connectivity index (χ3v) is 5.72. The van der Waals surface area contributed by atoms with Gasteiger partial charge in [-0.1, -0.05) is 23.4 Å². The molecule has 0 aliphatic carbocycles. The van der Waals surface area contributed by atoms with Crippen LogP contribution >= 0.6 is 0 Å². The van der Waals surface area contributed by atoms with Crippen molar-refractivity contribution < 1.29 is 29.4 Å². The number of piperidine rings is 1. The number of rotatable bonds is 3. The Kier molecular flexibility index (Phi) is 9.09. The number of likely N-dealkylation sites (tertiary alicyclic amines) is 1. The molecule has 1 fully saturated rings. The maximum absolute atomic E-state index is 12.8. The molecule has 2 aliphatic rings. The van der Waals surface area contributed by atoms with Gasteiger partial charge in [0.05, 0.1) is 5.71 Å². The summed E-state index contributed by atoms with van der Waals surface area (Å²) in [5.74, 6) is -1.43. The molecule has 0 saturated carbocycles. The number of nitrogens with zero attached hydrogens (tertiary/aromatic N) is 2. The van der Waals surface area contributed by atoms with E-state index >= 15 is 0 Å². The molecule has 3 rings (SSSR count). The van der Waals surface area contributed by atoms with E-state index in [1.54, 1.807) is 17.9 Å². The molecule has 0 aromatic heterocycles. The lowest BCUT2D eigenvalue weighted by molar-refractivity contribution is -0.137. The number of hydrogen-bond acceptors (Lipinski definition) is 8. The fourth-order valence-electron chi connectivity index (χ4n) is 3.94. The Morgan fingerprint density at radius 1 is 1.21 bits per heavy atom. The number of ether oxygens (including phenoxy) is 1. The fraction of sp³-hybridized carbons (Fsp3) is 0.480. The van der Waals surface area contributed by atoms with Gasteiger partial charge in [-0.05, 0) is 50.3 Å². The highest BCUT2D eigenvalue weighted by atomic mass is 16.6. The molecule has 1 amide bonds. The van der Waals surface area contributed by atoms with Crippen LogP contribution in [0.25, 0.3) is 0 Å². The van der Waals surface area contributed by atoms with Crippen molar-refractivity contribution in [3.8, 4) is 11.5 Å². The van der Waals surface area contributed by atoms with Crippen LogP contribution < -0.4 is 5.73 Å². The van der Waals surface area contributed by atoms with Gasteiger partial charge >= 0.3 is 5.97 Å². The van der Waals surface area contributed by atoms with E-state index in [4.69, 9.17) is 15.3 Å². The van der Waals surface area contributed by atoms with E-state index in [-0.39, 0.29) is 42.0 Å². The molecular formula is C25H33N3O6. The van der Waals surface area contributed by atoms with Gasteiger partial charge < -0.3 is 30.4 Å². The second-order valence-electron chi connectivity index (χ2n) is 8.66. The van der Waals surface area contributed by atoms with Gasteiger partial charge in [-0.15, -0.1) is 0 Å². The smallest absolute Gasteiger partial charge is 0.342 e. The van der Waals surface area contributed by atoms with E-state index in [1.807, 2.05) is 18.2 Å². The topological polar surface area (TPSA) is 135 Å². The molecule has 1 aromatic carbocycles. The van der Waals surface area contributed by atoms with Crippen molar-refractivity contribution >= 4 is 17.6 Å². The van der Waals surface area contributed by atoms with Gasteiger partial charge in [0, 0.05) is 38.0 Å². The van der Waals surface area contributed by atoms with Crippen LogP contribution in [0.4, 0.5) is 0 Å². The lowest BCUT2D eigenvalue weighted by atomic mass is 9.99. The Bertz CT molecular complexity index is 966. The quantitative estimate of drug-likeness (QED) is 0.350. The summed E-state index contributed by atoms with van der Waals surface area (Å²) >= 11 is 0. The number of hydrogen-bond donors (Lipinski definition) is 3. The average Bonchev–Trinajstić information content (AvgIpc) is 2.78. The molecule has 0 spiro atoms. The van der Waals surface area contributed by atoms with Crippen LogP contribution in [0.2, 0.25) is 0 Å². The van der Waals surface area contributed by atoms with Gasteiger partial charge in [-0.2, -0.15) is 0 Å². The highest BCUT2D eigenvalue weighted by Gasteiger charge is 2.22. The number of carbonyl (C=O) groups is 2. The van der Waals surface area contributed by atoms with Crippen molar-refractivity contribution in [3.63, 3.8) is 0 Å². The zero-order valence-electron chi connectivity index (χ0n) is 19.5. The van der Waals surface area contributed by atoms with Gasteiger partial charge in [-0.25, -0.2) is 4.79 Å². The van der Waals surface area contributed by atoms with Crippen LogP contribution in [-0.4, -0.2) is 64.5 Å². The van der Waals surface area contributed by atoms with Crippen molar-refractivity contribution in [3.05, 3.63) is 47.6 Å². The Balaban J connectivity index is 1.86. The zero-order valence-corrected chi connectivity index (χ0v) is 19.5. The van der Waals surface area contributed by atoms with Crippen LogP contribution in [0.15, 0.2) is 41.6 Å². The van der Waals surface area contributed by atoms with Crippen LogP contribution in [0.1, 0.15) is 54.9 Å². The van der Waals surface area contributed by atoms with Gasteiger partial charge in [0.25, 0.3) is 5.91 Å². The molecule has 184 valence electrons. The number of phenolic OH excluding ortho intramolecular Hbond substituents is 2. The maximum atomic E-state index is 12.8. The first-order valence-corrected chi connectivity index (χ1v) is 11.6. The van der Waals surface area contributed by atoms with Crippen molar-refractivity contribution in [1.82, 2.24) is 4.90 Å². The number of carbonyl (C=O) groups excluding carboxylic acids is 2. The summed E-state index contributed by atoms with van der Waals surface area (Å²) < 4.78 is 5.48. The summed E-state index contributed by atoms with van der Waals surface area (Å²) in [5, 5.41) is 24.5. The predicted octanol–water partition coefficient (Wildman–Crippen LogP) is 2.80. The SMILES string of the molecule is C[C@@H]1C/C=C/[C@H](N)C/C=C/C(=N/OCC(=O)N2CCCCC2)Cc2cc(O)cc(O)c2C(=O)O1. The summed E-state index contributed by atoms with van der Waals surface area (Å²) in [4.78, 5) is 32.3. The molecule has 1 saturated heterocycles. The van der Waals surface area contributed by atoms with E-state index in [1.165, 1.54) is 6.07 Å². The normalized spacial score (nSPS) is 25.1. The molecular weight excluding hydrogens is 438 g/mol. The lowest BCUT2D eigenvalue weighted by Crippen LogP contribution is -2.37. The molecule has 0 unspecified atom stereocenters. The van der Waals surface area contributed by atoms with Crippen LogP contribution in [0.3, 0.4) is 0 Å². The molecule has 0 bridgehead atoms. The Labute approximate surface area is 199 Å². The molecule has 0 radical (unpaired) electrons. The minimum atomic E-state index is -0.709. The molecule has 2 aliphatic heterocycles. The minimum absolute atomic E-state index is 0.0483. The second kappa shape index (κ2) is 12.2. The van der Waals surface area contributed by atoms with Gasteiger partial charge in [-0.3, -0.25) is 4.79 Å². The molecule has 4 N–H and O–H groups in total. The van der Waals surface area contributed by atoms with Crippen molar-refractivity contribution in [2.75, 3.05) is 19.7 Å². The third-order valence-electron chi connectivity index (χ3n) is 5.72. The van der Waals surface area contributed by atoms with E-state index in [2.05, 4.69) is 5.16 Å². The zero-order chi connectivity index (χ0) is 24.5. The number of esters is 1. The highest BCUT2D eigenvalue weighted by molar-refractivity contribution is 6.00. The van der Waals surface area contributed by atoms with E-state index < -0.39 is 12.1 Å². The number of amides is 1. The highest BCUT2D eigenvalue weighted by Crippen LogP contribution is 2.29. The van der Waals surface area contributed by atoms with Crippen LogP contribution in [-0.2, 0) is 20.8 Å². The van der Waals surface area contributed by atoms with Crippen LogP contribution in [0, 0.1) is 0 Å². The summed E-state index contributed by atoms with van der Waals surface area (Å²) in [6, 6.07) is 2.24. The first-order chi connectivity index (χ1) is 16.3. The predicted molar refractivity (Wildman–Crippen MR) is 128 cm³/mol. The molecule has 9 heteroatoms. The van der Waals surface area contributed by atoms with Gasteiger partial charge in [0.2, 0.25) is 0 Å². The molecule has 2 heterocycles. The lowest BCUT2D eigenvalue weighted by Gasteiger charge is -2.26. The largest absolute Gasteiger partial charge is 0.508 e. The standard InChI is InChI=1S/C25H33N3O6/c1-17-7-5-8-19(26)9-6-10-20(27-33-16-23(31)28-11-3-2-4-12-28)13-18-14-21(29)15-22(30)24(18)25(32)34-17/h5-6,8,10,14-15,17,19,29-30H,2-4,7,9,11-13,16,26H2,1H3/b8-5+,10-6+,27-20-/t17-,19+/m1/s1. The first-order valence-electron chi connectivity index (χ1n) is 11.6. The molecule has 1 aromatic rings. The number of fused-ring (bicyclic) bond motifs is 1. The first kappa shape index (κ1) is 25.3. The van der Waals surface area contributed by atoms with E-state index in [9.17, 15) is 19.8 Å². The summed E-state index contributed by atoms with van der Waals surface area (Å²) in [5.41, 5.74) is 6.78. The number of allylic oxidation sites excluding steroid dienone is 1. The van der Waals surface area contributed by atoms with Crippen molar-refractivity contribution in [1.29, 1.82) is 0 Å².